The molecule has 142 valence electrons. The van der Waals surface area contributed by atoms with Gasteiger partial charge in [0.2, 0.25) is 0 Å². The van der Waals surface area contributed by atoms with E-state index in [0.717, 1.165) is 49.2 Å². The summed E-state index contributed by atoms with van der Waals surface area (Å²) in [6.07, 6.45) is 8.21. The number of hydrogen-bond donors (Lipinski definition) is 1. The van der Waals surface area contributed by atoms with Crippen LogP contribution in [0.5, 0.6) is 11.5 Å². The summed E-state index contributed by atoms with van der Waals surface area (Å²) in [5.41, 5.74) is 3.88. The topological polar surface area (TPSA) is 59.4 Å². The molecule has 1 atom stereocenters. The van der Waals surface area contributed by atoms with Gasteiger partial charge in [-0.05, 0) is 85.0 Å². The fourth-order valence-electron chi connectivity index (χ4n) is 4.04. The number of carbonyl (C=O) groups is 1. The van der Waals surface area contributed by atoms with Crippen LogP contribution in [-0.4, -0.2) is 16.1 Å². The molecule has 1 heterocycles. The zero-order chi connectivity index (χ0) is 19.3. The average Bonchev–Trinajstić information content (AvgIpc) is 2.73. The quantitative estimate of drug-likeness (QED) is 0.609. The lowest BCUT2D eigenvalue weighted by molar-refractivity contribution is 0.0695. The molecule has 3 aromatic rings. The Balaban J connectivity index is 1.49. The van der Waals surface area contributed by atoms with Gasteiger partial charge in [0.1, 0.15) is 11.5 Å². The zero-order valence-electron chi connectivity index (χ0n) is 15.7. The highest BCUT2D eigenvalue weighted by atomic mass is 16.5. The molecule has 0 radical (unpaired) electrons. The van der Waals surface area contributed by atoms with E-state index in [1.807, 2.05) is 36.4 Å². The number of fused-ring (bicyclic) bond motifs is 1. The number of carboxylic acids is 1. The molecular weight excluding hydrogens is 350 g/mol. The molecule has 2 aromatic carbocycles. The van der Waals surface area contributed by atoms with E-state index in [1.165, 1.54) is 17.3 Å². The zero-order valence-corrected chi connectivity index (χ0v) is 15.7. The van der Waals surface area contributed by atoms with Crippen molar-refractivity contribution in [2.24, 2.45) is 0 Å². The maximum absolute atomic E-state index is 11.4. The smallest absolute Gasteiger partial charge is 0.336 e. The van der Waals surface area contributed by atoms with Crippen LogP contribution >= 0.6 is 0 Å². The number of aromatic nitrogens is 1. The van der Waals surface area contributed by atoms with Crippen LogP contribution in [0.15, 0.2) is 67.0 Å². The maximum atomic E-state index is 11.4. The summed E-state index contributed by atoms with van der Waals surface area (Å²) in [6.45, 7) is 0. The van der Waals surface area contributed by atoms with E-state index >= 15 is 0 Å². The summed E-state index contributed by atoms with van der Waals surface area (Å²) in [5.74, 6) is 1.26. The maximum Gasteiger partial charge on any atom is 0.336 e. The Morgan fingerprint density at radius 1 is 1.11 bits per heavy atom. The fraction of sp³-hybridized carbons (Fsp3) is 0.250. The van der Waals surface area contributed by atoms with Gasteiger partial charge in [-0.15, -0.1) is 0 Å². The number of rotatable bonds is 6. The van der Waals surface area contributed by atoms with Crippen LogP contribution in [0.1, 0.15) is 52.2 Å². The third kappa shape index (κ3) is 4.06. The van der Waals surface area contributed by atoms with E-state index in [2.05, 4.69) is 17.1 Å². The lowest BCUT2D eigenvalue weighted by Crippen LogP contribution is -2.12. The van der Waals surface area contributed by atoms with E-state index in [4.69, 9.17) is 4.74 Å². The van der Waals surface area contributed by atoms with Crippen LogP contribution in [0, 0.1) is 0 Å². The van der Waals surface area contributed by atoms with Crippen molar-refractivity contribution in [3.8, 4) is 11.5 Å². The monoisotopic (exact) mass is 373 g/mol. The summed E-state index contributed by atoms with van der Waals surface area (Å²) >= 11 is 0. The molecule has 1 N–H and O–H groups in total. The molecular formula is C24H23NO3. The third-order valence-corrected chi connectivity index (χ3v) is 5.43. The number of para-hydroxylation sites is 1. The number of carboxylic acid groups (broad SMARTS) is 1. The minimum atomic E-state index is -0.885. The molecule has 1 aliphatic rings. The van der Waals surface area contributed by atoms with Gasteiger partial charge < -0.3 is 9.84 Å². The number of benzene rings is 2. The van der Waals surface area contributed by atoms with Gasteiger partial charge in [0.15, 0.2) is 0 Å². The minimum Gasteiger partial charge on any atom is -0.478 e. The molecule has 4 rings (SSSR count). The molecule has 1 aromatic heterocycles. The van der Waals surface area contributed by atoms with Crippen LogP contribution < -0.4 is 4.74 Å². The van der Waals surface area contributed by atoms with Crippen molar-refractivity contribution in [2.75, 3.05) is 0 Å². The van der Waals surface area contributed by atoms with Crippen molar-refractivity contribution < 1.29 is 14.6 Å². The molecule has 1 unspecified atom stereocenters. The summed E-state index contributed by atoms with van der Waals surface area (Å²) in [7, 11) is 0. The molecule has 1 aliphatic carbocycles. The highest BCUT2D eigenvalue weighted by molar-refractivity contribution is 5.89. The first-order valence-electron chi connectivity index (χ1n) is 9.72. The van der Waals surface area contributed by atoms with Gasteiger partial charge in [-0.2, -0.15) is 0 Å². The first-order valence-corrected chi connectivity index (χ1v) is 9.72. The van der Waals surface area contributed by atoms with Gasteiger partial charge in [0.25, 0.3) is 0 Å². The van der Waals surface area contributed by atoms with Crippen LogP contribution in [0.3, 0.4) is 0 Å². The molecule has 0 amide bonds. The highest BCUT2D eigenvalue weighted by Crippen LogP contribution is 2.37. The first-order chi connectivity index (χ1) is 13.7. The summed E-state index contributed by atoms with van der Waals surface area (Å²) in [5, 5.41) is 9.37. The summed E-state index contributed by atoms with van der Waals surface area (Å²) < 4.78 is 5.98. The van der Waals surface area contributed by atoms with Crippen LogP contribution in [0.2, 0.25) is 0 Å². The van der Waals surface area contributed by atoms with E-state index in [0.29, 0.717) is 11.5 Å². The van der Waals surface area contributed by atoms with Gasteiger partial charge in [-0.25, -0.2) is 4.79 Å². The van der Waals surface area contributed by atoms with Crippen molar-refractivity contribution >= 4 is 5.97 Å². The molecule has 0 saturated carbocycles. The molecule has 4 heteroatoms. The van der Waals surface area contributed by atoms with Crippen molar-refractivity contribution in [3.63, 3.8) is 0 Å². The predicted molar refractivity (Wildman–Crippen MR) is 108 cm³/mol. The lowest BCUT2D eigenvalue weighted by atomic mass is 9.79. The fourth-order valence-corrected chi connectivity index (χ4v) is 4.04. The van der Waals surface area contributed by atoms with Crippen molar-refractivity contribution in [2.45, 2.75) is 38.0 Å². The largest absolute Gasteiger partial charge is 0.478 e. The Bertz CT molecular complexity index is 969. The Kier molecular flexibility index (Phi) is 5.38. The van der Waals surface area contributed by atoms with Crippen LogP contribution in [0.25, 0.3) is 0 Å². The molecule has 28 heavy (non-hydrogen) atoms. The van der Waals surface area contributed by atoms with E-state index < -0.39 is 5.97 Å². The SMILES string of the molecule is O=C(O)c1ccncc1CCC1CCCc2cc(Oc3ccccc3)ccc21. The number of aryl methyl sites for hydroxylation is 2. The van der Waals surface area contributed by atoms with E-state index in [9.17, 15) is 9.90 Å². The summed E-state index contributed by atoms with van der Waals surface area (Å²) in [6, 6.07) is 17.8. The number of hydrogen-bond acceptors (Lipinski definition) is 3. The van der Waals surface area contributed by atoms with Gasteiger partial charge in [-0.1, -0.05) is 24.3 Å². The van der Waals surface area contributed by atoms with Crippen molar-refractivity contribution in [1.29, 1.82) is 0 Å². The molecule has 0 spiro atoms. The number of ether oxygens (including phenoxy) is 1. The van der Waals surface area contributed by atoms with Crippen molar-refractivity contribution in [3.05, 3.63) is 89.2 Å². The summed E-state index contributed by atoms with van der Waals surface area (Å²) in [4.78, 5) is 15.5. The van der Waals surface area contributed by atoms with Crippen molar-refractivity contribution in [1.82, 2.24) is 4.98 Å². The molecule has 4 nitrogen and oxygen atoms in total. The second-order valence-corrected chi connectivity index (χ2v) is 7.24. The van der Waals surface area contributed by atoms with E-state index in [-0.39, 0.29) is 0 Å². The standard InChI is InChI=1S/C24H23NO3/c26-24(27)23-13-14-25-16-19(23)10-9-17-5-4-6-18-15-21(11-12-22(17)18)28-20-7-2-1-3-8-20/h1-3,7-8,11-17H,4-6,9-10H2,(H,26,27). The van der Waals surface area contributed by atoms with Gasteiger partial charge in [-0.3, -0.25) is 4.98 Å². The second-order valence-electron chi connectivity index (χ2n) is 7.24. The van der Waals surface area contributed by atoms with Gasteiger partial charge >= 0.3 is 5.97 Å². The highest BCUT2D eigenvalue weighted by Gasteiger charge is 2.21. The van der Waals surface area contributed by atoms with Crippen LogP contribution in [-0.2, 0) is 12.8 Å². The number of pyridine rings is 1. The normalized spacial score (nSPS) is 15.6. The number of aromatic carboxylic acids is 1. The Morgan fingerprint density at radius 2 is 1.96 bits per heavy atom. The Hall–Kier alpha value is -3.14. The minimum absolute atomic E-state index is 0.359. The van der Waals surface area contributed by atoms with E-state index in [1.54, 1.807) is 12.3 Å². The Labute approximate surface area is 164 Å². The van der Waals surface area contributed by atoms with Crippen LogP contribution in [0.4, 0.5) is 0 Å². The molecule has 0 fully saturated rings. The molecule has 0 saturated heterocycles. The average molecular weight is 373 g/mol. The first kappa shape index (κ1) is 18.2. The Morgan fingerprint density at radius 3 is 2.79 bits per heavy atom. The molecule has 0 bridgehead atoms. The molecule has 0 aliphatic heterocycles. The lowest BCUT2D eigenvalue weighted by Gasteiger charge is -2.26. The predicted octanol–water partition coefficient (Wildman–Crippen LogP) is 5.62. The number of nitrogens with zero attached hydrogens (tertiary/aromatic N) is 1. The van der Waals surface area contributed by atoms with Gasteiger partial charge in [0.05, 0.1) is 5.56 Å². The third-order valence-electron chi connectivity index (χ3n) is 5.43. The second kappa shape index (κ2) is 8.26. The van der Waals surface area contributed by atoms with Gasteiger partial charge in [0, 0.05) is 12.4 Å².